The number of carbonyl (C=O) groups is 1. The summed E-state index contributed by atoms with van der Waals surface area (Å²) in [6, 6.07) is 10.6. The number of hydrogen-bond donors (Lipinski definition) is 0. The maximum atomic E-state index is 13.6. The molecule has 2 aromatic carbocycles. The minimum absolute atomic E-state index is 0.133. The number of fused-ring (bicyclic) bond motifs is 2. The molecule has 0 saturated carbocycles. The highest BCUT2D eigenvalue weighted by molar-refractivity contribution is 5.99. The lowest BCUT2D eigenvalue weighted by Gasteiger charge is -2.25. The summed E-state index contributed by atoms with van der Waals surface area (Å²) in [5.74, 6) is 1.15. The van der Waals surface area contributed by atoms with E-state index in [9.17, 15) is 9.59 Å². The van der Waals surface area contributed by atoms with Gasteiger partial charge >= 0.3 is 0 Å². The first-order valence-electron chi connectivity index (χ1n) is 11.3. The molecule has 0 N–H and O–H groups in total. The normalized spacial score (nSPS) is 15.3. The summed E-state index contributed by atoms with van der Waals surface area (Å²) in [5, 5.41) is 0.493. The summed E-state index contributed by atoms with van der Waals surface area (Å²) >= 11 is 0. The fourth-order valence-corrected chi connectivity index (χ4v) is 4.25. The van der Waals surface area contributed by atoms with Gasteiger partial charge < -0.3 is 18.8 Å². The Morgan fingerprint density at radius 1 is 0.969 bits per heavy atom. The van der Waals surface area contributed by atoms with Gasteiger partial charge in [-0.15, -0.1) is 0 Å². The molecular weight excluding hydrogens is 406 g/mol. The van der Waals surface area contributed by atoms with Gasteiger partial charge in [-0.1, -0.05) is 31.5 Å². The molecule has 168 valence electrons. The van der Waals surface area contributed by atoms with Crippen LogP contribution in [-0.4, -0.2) is 30.6 Å². The third-order valence-electron chi connectivity index (χ3n) is 5.63. The van der Waals surface area contributed by atoms with Gasteiger partial charge in [-0.2, -0.15) is 0 Å². The van der Waals surface area contributed by atoms with Crippen molar-refractivity contribution in [2.75, 3.05) is 19.8 Å². The lowest BCUT2D eigenvalue weighted by molar-refractivity contribution is 0.0728. The van der Waals surface area contributed by atoms with E-state index in [0.717, 1.165) is 24.0 Å². The van der Waals surface area contributed by atoms with E-state index in [-0.39, 0.29) is 17.1 Å². The molecule has 0 aliphatic carbocycles. The van der Waals surface area contributed by atoms with E-state index in [1.54, 1.807) is 11.0 Å². The second-order valence-corrected chi connectivity index (χ2v) is 8.06. The molecular formula is C26H29NO5. The molecule has 0 unspecified atom stereocenters. The fraction of sp³-hybridized carbons (Fsp3) is 0.385. The van der Waals surface area contributed by atoms with Gasteiger partial charge in [-0.25, -0.2) is 0 Å². The van der Waals surface area contributed by atoms with E-state index in [1.807, 2.05) is 58.0 Å². The average Bonchev–Trinajstić information content (AvgIpc) is 3.06. The second-order valence-electron chi connectivity index (χ2n) is 8.06. The van der Waals surface area contributed by atoms with Crippen LogP contribution in [0.2, 0.25) is 0 Å². The van der Waals surface area contributed by atoms with Crippen molar-refractivity contribution in [3.8, 4) is 11.5 Å². The van der Waals surface area contributed by atoms with Gasteiger partial charge in [0.2, 0.25) is 5.76 Å². The average molecular weight is 436 g/mol. The molecule has 1 amide bonds. The molecule has 2 heterocycles. The van der Waals surface area contributed by atoms with E-state index in [2.05, 4.69) is 0 Å². The van der Waals surface area contributed by atoms with Crippen molar-refractivity contribution in [2.24, 2.45) is 0 Å². The zero-order chi connectivity index (χ0) is 22.8. The number of carbonyl (C=O) groups excluding carboxylic acids is 1. The zero-order valence-corrected chi connectivity index (χ0v) is 19.1. The SMILES string of the molecule is CCCOc1ccc([C@H]2c3c(oc4ccc(C)cc4c3=O)C(=O)N2CCC)cc1OCC. The molecule has 4 rings (SSSR count). The van der Waals surface area contributed by atoms with Crippen LogP contribution < -0.4 is 14.9 Å². The molecule has 0 radical (unpaired) electrons. The fourth-order valence-electron chi connectivity index (χ4n) is 4.25. The Balaban J connectivity index is 1.91. The Hall–Kier alpha value is -3.28. The Morgan fingerprint density at radius 3 is 2.50 bits per heavy atom. The highest BCUT2D eigenvalue weighted by atomic mass is 16.5. The third-order valence-corrected chi connectivity index (χ3v) is 5.63. The largest absolute Gasteiger partial charge is 0.490 e. The molecule has 1 atom stereocenters. The van der Waals surface area contributed by atoms with Crippen LogP contribution in [0.1, 0.15) is 66.9 Å². The quantitative estimate of drug-likeness (QED) is 0.484. The molecule has 0 spiro atoms. The van der Waals surface area contributed by atoms with Crippen LogP contribution >= 0.6 is 0 Å². The highest BCUT2D eigenvalue weighted by Crippen LogP contribution is 2.41. The monoisotopic (exact) mass is 435 g/mol. The molecule has 3 aromatic rings. The van der Waals surface area contributed by atoms with E-state index in [0.29, 0.717) is 47.8 Å². The van der Waals surface area contributed by atoms with Crippen molar-refractivity contribution in [3.05, 3.63) is 69.1 Å². The standard InChI is InChI=1S/C26H29NO5/c1-5-12-27-23(17-9-11-20(31-13-6-2)21(15-17)30-7-3)22-24(28)18-14-16(4)8-10-19(18)32-25(22)26(27)29/h8-11,14-15,23H,5-7,12-13H2,1-4H3/t23-/m0/s1. The van der Waals surface area contributed by atoms with Gasteiger partial charge in [0, 0.05) is 6.54 Å². The lowest BCUT2D eigenvalue weighted by atomic mass is 9.97. The van der Waals surface area contributed by atoms with Gasteiger partial charge in [0.25, 0.3) is 5.91 Å². The van der Waals surface area contributed by atoms with Crippen molar-refractivity contribution >= 4 is 16.9 Å². The highest BCUT2D eigenvalue weighted by Gasteiger charge is 2.42. The smallest absolute Gasteiger partial charge is 0.290 e. The summed E-state index contributed by atoms with van der Waals surface area (Å²) < 4.78 is 17.6. The van der Waals surface area contributed by atoms with Gasteiger partial charge in [-0.3, -0.25) is 9.59 Å². The molecule has 6 nitrogen and oxygen atoms in total. The van der Waals surface area contributed by atoms with E-state index < -0.39 is 6.04 Å². The van der Waals surface area contributed by atoms with Crippen LogP contribution in [0.3, 0.4) is 0 Å². The minimum atomic E-state index is -0.530. The number of aryl methyl sites for hydroxylation is 1. The van der Waals surface area contributed by atoms with Gasteiger partial charge in [0.1, 0.15) is 5.58 Å². The Labute approximate surface area is 187 Å². The van der Waals surface area contributed by atoms with Gasteiger partial charge in [0.15, 0.2) is 16.9 Å². The topological polar surface area (TPSA) is 69.0 Å². The molecule has 32 heavy (non-hydrogen) atoms. The van der Waals surface area contributed by atoms with Crippen molar-refractivity contribution in [2.45, 2.75) is 46.6 Å². The van der Waals surface area contributed by atoms with Crippen LogP contribution in [-0.2, 0) is 0 Å². The minimum Gasteiger partial charge on any atom is -0.490 e. The van der Waals surface area contributed by atoms with Crippen LogP contribution in [0.4, 0.5) is 0 Å². The predicted octanol–water partition coefficient (Wildman–Crippen LogP) is 5.24. The van der Waals surface area contributed by atoms with Crippen LogP contribution in [0.5, 0.6) is 11.5 Å². The predicted molar refractivity (Wildman–Crippen MR) is 124 cm³/mol. The van der Waals surface area contributed by atoms with Crippen molar-refractivity contribution in [1.82, 2.24) is 4.90 Å². The third kappa shape index (κ3) is 3.74. The Kier molecular flexibility index (Phi) is 6.21. The first kappa shape index (κ1) is 21.9. The van der Waals surface area contributed by atoms with E-state index in [1.165, 1.54) is 0 Å². The lowest BCUT2D eigenvalue weighted by Crippen LogP contribution is -2.30. The number of hydrogen-bond acceptors (Lipinski definition) is 5. The van der Waals surface area contributed by atoms with Crippen molar-refractivity contribution in [1.29, 1.82) is 0 Å². The van der Waals surface area contributed by atoms with E-state index >= 15 is 0 Å². The number of ether oxygens (including phenoxy) is 2. The summed E-state index contributed by atoms with van der Waals surface area (Å²) in [5.41, 5.74) is 2.43. The number of amides is 1. The summed E-state index contributed by atoms with van der Waals surface area (Å²) in [4.78, 5) is 28.6. The Bertz CT molecular complexity index is 1210. The van der Waals surface area contributed by atoms with Crippen LogP contribution in [0, 0.1) is 6.92 Å². The van der Waals surface area contributed by atoms with Gasteiger partial charge in [0.05, 0.1) is 30.2 Å². The van der Waals surface area contributed by atoms with Gasteiger partial charge in [-0.05, 0) is 56.5 Å². The maximum Gasteiger partial charge on any atom is 0.290 e. The molecule has 0 saturated heterocycles. The zero-order valence-electron chi connectivity index (χ0n) is 19.1. The summed E-state index contributed by atoms with van der Waals surface area (Å²) in [6.07, 6.45) is 1.65. The van der Waals surface area contributed by atoms with Crippen molar-refractivity contribution in [3.63, 3.8) is 0 Å². The number of rotatable bonds is 8. The van der Waals surface area contributed by atoms with Crippen LogP contribution in [0.25, 0.3) is 11.0 Å². The first-order valence-corrected chi connectivity index (χ1v) is 11.3. The molecule has 1 aromatic heterocycles. The number of nitrogens with zero attached hydrogens (tertiary/aromatic N) is 1. The maximum absolute atomic E-state index is 13.6. The van der Waals surface area contributed by atoms with Crippen LogP contribution in [0.15, 0.2) is 45.6 Å². The summed E-state index contributed by atoms with van der Waals surface area (Å²) in [6.45, 7) is 9.48. The Morgan fingerprint density at radius 2 is 1.78 bits per heavy atom. The molecule has 1 aliphatic rings. The molecule has 0 fully saturated rings. The molecule has 0 bridgehead atoms. The summed E-state index contributed by atoms with van der Waals surface area (Å²) in [7, 11) is 0. The second kappa shape index (κ2) is 9.07. The molecule has 6 heteroatoms. The number of benzene rings is 2. The van der Waals surface area contributed by atoms with E-state index in [4.69, 9.17) is 13.9 Å². The van der Waals surface area contributed by atoms with Crippen molar-refractivity contribution < 1.29 is 18.7 Å². The first-order chi connectivity index (χ1) is 15.5. The molecule has 1 aliphatic heterocycles.